The van der Waals surface area contributed by atoms with E-state index in [0.717, 1.165) is 0 Å². The van der Waals surface area contributed by atoms with Crippen molar-refractivity contribution in [1.82, 2.24) is 0 Å². The van der Waals surface area contributed by atoms with E-state index in [2.05, 4.69) is 6.58 Å². The predicted molar refractivity (Wildman–Crippen MR) is 66.6 cm³/mol. The summed E-state index contributed by atoms with van der Waals surface area (Å²) in [7, 11) is 1.89. The van der Waals surface area contributed by atoms with Crippen LogP contribution in [0.5, 0.6) is 0 Å². The lowest BCUT2D eigenvalue weighted by molar-refractivity contribution is -0.143. The molecule has 0 aromatic rings. The standard InChI is InChI=1S/C11H22O5Si/c1-7-10(16-11(12)9(2)3)8-17(13-4,14-5)15-6/h10H,2,7-8H2,1,3-6H3. The first-order valence-electron chi connectivity index (χ1n) is 5.46. The number of ether oxygens (including phenoxy) is 1. The molecule has 0 heterocycles. The largest absolute Gasteiger partial charge is 0.503 e. The molecule has 0 radical (unpaired) electrons. The van der Waals surface area contributed by atoms with Gasteiger partial charge in [-0.2, -0.15) is 0 Å². The van der Waals surface area contributed by atoms with Gasteiger partial charge in [0.25, 0.3) is 0 Å². The number of carbonyl (C=O) groups excluding carboxylic acids is 1. The van der Waals surface area contributed by atoms with Gasteiger partial charge in [0, 0.05) is 26.9 Å². The van der Waals surface area contributed by atoms with Crippen molar-refractivity contribution in [1.29, 1.82) is 0 Å². The first-order chi connectivity index (χ1) is 7.94. The van der Waals surface area contributed by atoms with E-state index in [4.69, 9.17) is 18.0 Å². The summed E-state index contributed by atoms with van der Waals surface area (Å²) in [5.74, 6) is -0.400. The second kappa shape index (κ2) is 7.60. The first-order valence-corrected chi connectivity index (χ1v) is 7.39. The molecule has 0 saturated carbocycles. The van der Waals surface area contributed by atoms with Crippen molar-refractivity contribution in [3.8, 4) is 0 Å². The van der Waals surface area contributed by atoms with Crippen LogP contribution in [-0.2, 0) is 22.8 Å². The fourth-order valence-corrected chi connectivity index (χ4v) is 3.23. The third kappa shape index (κ3) is 4.99. The summed E-state index contributed by atoms with van der Waals surface area (Å²) in [6.45, 7) is 7.08. The molecule has 0 fully saturated rings. The van der Waals surface area contributed by atoms with Crippen LogP contribution in [0.1, 0.15) is 20.3 Å². The molecule has 0 amide bonds. The van der Waals surface area contributed by atoms with Crippen LogP contribution in [-0.4, -0.2) is 42.2 Å². The molecule has 5 nitrogen and oxygen atoms in total. The van der Waals surface area contributed by atoms with E-state index in [1.165, 1.54) is 21.3 Å². The maximum atomic E-state index is 11.4. The molecule has 0 saturated heterocycles. The van der Waals surface area contributed by atoms with Gasteiger partial charge in [-0.3, -0.25) is 0 Å². The predicted octanol–water partition coefficient (Wildman–Crippen LogP) is 1.76. The Morgan fingerprint density at radius 3 is 2.00 bits per heavy atom. The highest BCUT2D eigenvalue weighted by atomic mass is 28.4. The van der Waals surface area contributed by atoms with Gasteiger partial charge in [-0.15, -0.1) is 0 Å². The van der Waals surface area contributed by atoms with Crippen LogP contribution in [0, 0.1) is 0 Å². The van der Waals surface area contributed by atoms with Gasteiger partial charge >= 0.3 is 14.8 Å². The molecule has 0 aromatic carbocycles. The Hall–Kier alpha value is -0.693. The smallest absolute Gasteiger partial charge is 0.459 e. The van der Waals surface area contributed by atoms with Crippen LogP contribution in [0.15, 0.2) is 12.2 Å². The summed E-state index contributed by atoms with van der Waals surface area (Å²) in [4.78, 5) is 11.4. The van der Waals surface area contributed by atoms with E-state index in [1.807, 2.05) is 6.92 Å². The van der Waals surface area contributed by atoms with Crippen molar-refractivity contribution in [2.24, 2.45) is 0 Å². The highest BCUT2D eigenvalue weighted by Gasteiger charge is 2.41. The van der Waals surface area contributed by atoms with Crippen molar-refractivity contribution in [3.05, 3.63) is 12.2 Å². The Morgan fingerprint density at radius 1 is 1.24 bits per heavy atom. The number of esters is 1. The second-order valence-corrected chi connectivity index (χ2v) is 6.71. The second-order valence-electron chi connectivity index (χ2n) is 3.72. The highest BCUT2D eigenvalue weighted by molar-refractivity contribution is 6.60. The molecular formula is C11H22O5Si. The summed E-state index contributed by atoms with van der Waals surface area (Å²) in [6.07, 6.45) is 0.384. The van der Waals surface area contributed by atoms with Gasteiger partial charge in [-0.1, -0.05) is 13.5 Å². The summed E-state index contributed by atoms with van der Waals surface area (Å²) < 4.78 is 21.2. The topological polar surface area (TPSA) is 54.0 Å². The monoisotopic (exact) mass is 262 g/mol. The van der Waals surface area contributed by atoms with Gasteiger partial charge in [0.1, 0.15) is 6.10 Å². The maximum absolute atomic E-state index is 11.4. The van der Waals surface area contributed by atoms with Crippen molar-refractivity contribution in [2.45, 2.75) is 32.4 Å². The summed E-state index contributed by atoms with van der Waals surface area (Å²) in [5.41, 5.74) is 0.378. The van der Waals surface area contributed by atoms with Crippen molar-refractivity contribution >= 4 is 14.8 Å². The van der Waals surface area contributed by atoms with Crippen molar-refractivity contribution < 1.29 is 22.8 Å². The number of rotatable bonds is 8. The molecule has 17 heavy (non-hydrogen) atoms. The fourth-order valence-electron chi connectivity index (χ4n) is 1.30. The van der Waals surface area contributed by atoms with Gasteiger partial charge in [-0.25, -0.2) is 4.79 Å². The van der Waals surface area contributed by atoms with E-state index in [9.17, 15) is 4.79 Å². The first kappa shape index (κ1) is 16.3. The molecule has 0 bridgehead atoms. The van der Waals surface area contributed by atoms with E-state index < -0.39 is 14.8 Å². The molecule has 0 N–H and O–H groups in total. The molecule has 1 atom stereocenters. The van der Waals surface area contributed by atoms with E-state index >= 15 is 0 Å². The van der Waals surface area contributed by atoms with Gasteiger partial charge in [0.2, 0.25) is 0 Å². The van der Waals surface area contributed by atoms with Crippen LogP contribution in [0.4, 0.5) is 0 Å². The molecule has 6 heteroatoms. The number of hydrogen-bond donors (Lipinski definition) is 0. The molecule has 0 spiro atoms. The molecule has 100 valence electrons. The minimum Gasteiger partial charge on any atom is -0.459 e. The van der Waals surface area contributed by atoms with Gasteiger partial charge in [0.05, 0.1) is 6.04 Å². The molecule has 0 aliphatic carbocycles. The van der Waals surface area contributed by atoms with E-state index in [1.54, 1.807) is 6.92 Å². The maximum Gasteiger partial charge on any atom is 0.503 e. The zero-order valence-corrected chi connectivity index (χ0v) is 12.2. The average Bonchev–Trinajstić information content (AvgIpc) is 2.34. The zero-order valence-electron chi connectivity index (χ0n) is 11.2. The Balaban J connectivity index is 4.57. The Bertz CT molecular complexity index is 254. The van der Waals surface area contributed by atoms with Crippen molar-refractivity contribution in [3.63, 3.8) is 0 Å². The van der Waals surface area contributed by atoms with Crippen LogP contribution < -0.4 is 0 Å². The number of hydrogen-bond acceptors (Lipinski definition) is 5. The van der Waals surface area contributed by atoms with Gasteiger partial charge in [-0.05, 0) is 13.3 Å². The van der Waals surface area contributed by atoms with Crippen molar-refractivity contribution in [2.75, 3.05) is 21.3 Å². The van der Waals surface area contributed by atoms with E-state index in [-0.39, 0.29) is 6.10 Å². The van der Waals surface area contributed by atoms with E-state index in [0.29, 0.717) is 18.0 Å². The highest BCUT2D eigenvalue weighted by Crippen LogP contribution is 2.19. The molecule has 1 unspecified atom stereocenters. The minimum absolute atomic E-state index is 0.286. The molecule has 0 rings (SSSR count). The Morgan fingerprint density at radius 2 is 1.71 bits per heavy atom. The number of carbonyl (C=O) groups is 1. The molecule has 0 aliphatic rings. The summed E-state index contributed by atoms with van der Waals surface area (Å²) >= 11 is 0. The summed E-state index contributed by atoms with van der Waals surface area (Å²) in [5, 5.41) is 0. The molecule has 0 aromatic heterocycles. The normalized spacial score (nSPS) is 13.2. The Kier molecular flexibility index (Phi) is 7.29. The zero-order chi connectivity index (χ0) is 13.5. The molecule has 0 aliphatic heterocycles. The summed E-state index contributed by atoms with van der Waals surface area (Å²) in [6, 6.07) is 0.437. The lowest BCUT2D eigenvalue weighted by atomic mass is 10.3. The lowest BCUT2D eigenvalue weighted by Gasteiger charge is -2.28. The molecular weight excluding hydrogens is 240 g/mol. The van der Waals surface area contributed by atoms with Gasteiger partial charge in [0.15, 0.2) is 0 Å². The van der Waals surface area contributed by atoms with Crippen LogP contribution >= 0.6 is 0 Å². The van der Waals surface area contributed by atoms with Gasteiger partial charge < -0.3 is 18.0 Å². The Labute approximate surface area is 104 Å². The van der Waals surface area contributed by atoms with Crippen LogP contribution in [0.25, 0.3) is 0 Å². The fraction of sp³-hybridized carbons (Fsp3) is 0.727. The lowest BCUT2D eigenvalue weighted by Crippen LogP contribution is -2.46. The SMILES string of the molecule is C=C(C)C(=O)OC(CC)C[Si](OC)(OC)OC. The van der Waals surface area contributed by atoms with Crippen LogP contribution in [0.2, 0.25) is 6.04 Å². The quantitative estimate of drug-likeness (QED) is 0.379. The average molecular weight is 262 g/mol. The third-order valence-electron chi connectivity index (χ3n) is 2.49. The third-order valence-corrected chi connectivity index (χ3v) is 5.31. The van der Waals surface area contributed by atoms with Crippen LogP contribution in [0.3, 0.4) is 0 Å². The minimum atomic E-state index is -2.71.